The Hall–Kier alpha value is -4.31. The van der Waals surface area contributed by atoms with Crippen molar-refractivity contribution in [3.05, 3.63) is 103 Å². The first-order valence-corrected chi connectivity index (χ1v) is 11.3. The highest BCUT2D eigenvalue weighted by Crippen LogP contribution is 2.38. The Balaban J connectivity index is 1.51. The van der Waals surface area contributed by atoms with Crippen LogP contribution in [0.5, 0.6) is 0 Å². The third-order valence-corrected chi connectivity index (χ3v) is 6.60. The third-order valence-electron chi connectivity index (χ3n) is 6.60. The Bertz CT molecular complexity index is 1660. The van der Waals surface area contributed by atoms with Crippen LogP contribution in [0.2, 0.25) is 0 Å². The van der Waals surface area contributed by atoms with E-state index >= 15 is 0 Å². The van der Waals surface area contributed by atoms with Gasteiger partial charge in [-0.2, -0.15) is 0 Å². The standard InChI is InChI=1S/C29H22N4/c1-19-15-16-27-29(31-19)23-11-3-5-13-25(23)33(27)21-9-6-8-20(18-21)32-24-12-4-2-10-22(24)28-26(32)14-7-17-30-28/h2-19,31H,1H3. The molecule has 0 fully saturated rings. The van der Waals surface area contributed by atoms with E-state index in [9.17, 15) is 0 Å². The molecule has 4 heteroatoms. The summed E-state index contributed by atoms with van der Waals surface area (Å²) >= 11 is 0. The summed E-state index contributed by atoms with van der Waals surface area (Å²) < 4.78 is 4.67. The number of benzene rings is 3. The molecule has 1 atom stereocenters. The van der Waals surface area contributed by atoms with Gasteiger partial charge in [0, 0.05) is 34.4 Å². The number of aromatic nitrogens is 3. The van der Waals surface area contributed by atoms with E-state index in [0.717, 1.165) is 27.9 Å². The maximum atomic E-state index is 4.69. The largest absolute Gasteiger partial charge is 0.377 e. The average molecular weight is 427 g/mol. The number of hydrogen-bond acceptors (Lipinski definition) is 2. The molecule has 0 bridgehead atoms. The first kappa shape index (κ1) is 18.3. The lowest BCUT2D eigenvalue weighted by atomic mass is 10.1. The Morgan fingerprint density at radius 1 is 0.727 bits per heavy atom. The zero-order valence-electron chi connectivity index (χ0n) is 18.2. The van der Waals surface area contributed by atoms with Crippen LogP contribution in [0, 0.1) is 0 Å². The zero-order valence-corrected chi connectivity index (χ0v) is 18.2. The van der Waals surface area contributed by atoms with Gasteiger partial charge in [-0.05, 0) is 55.5 Å². The molecule has 3 aromatic heterocycles. The van der Waals surface area contributed by atoms with Gasteiger partial charge in [-0.25, -0.2) is 0 Å². The summed E-state index contributed by atoms with van der Waals surface area (Å²) in [7, 11) is 0. The van der Waals surface area contributed by atoms with Crippen LogP contribution in [0.25, 0.3) is 50.3 Å². The lowest BCUT2D eigenvalue weighted by molar-refractivity contribution is 0.980. The minimum absolute atomic E-state index is 0.313. The van der Waals surface area contributed by atoms with Crippen LogP contribution in [-0.2, 0) is 0 Å². The summed E-state index contributed by atoms with van der Waals surface area (Å²) in [5.41, 5.74) is 9.17. The van der Waals surface area contributed by atoms with Gasteiger partial charge >= 0.3 is 0 Å². The molecular weight excluding hydrogens is 404 g/mol. The number of fused-ring (bicyclic) bond motifs is 6. The fourth-order valence-corrected chi connectivity index (χ4v) is 5.19. The molecule has 0 spiro atoms. The number of pyridine rings is 1. The van der Waals surface area contributed by atoms with Crippen LogP contribution < -0.4 is 5.32 Å². The molecule has 4 nitrogen and oxygen atoms in total. The highest BCUT2D eigenvalue weighted by atomic mass is 15.1. The fraction of sp³-hybridized carbons (Fsp3) is 0.0690. The van der Waals surface area contributed by atoms with E-state index in [2.05, 4.69) is 112 Å². The molecule has 1 aliphatic rings. The second-order valence-electron chi connectivity index (χ2n) is 8.65. The van der Waals surface area contributed by atoms with E-state index < -0.39 is 0 Å². The molecule has 33 heavy (non-hydrogen) atoms. The van der Waals surface area contributed by atoms with Crippen molar-refractivity contribution >= 4 is 44.6 Å². The topological polar surface area (TPSA) is 34.8 Å². The Labute approximate surface area is 191 Å². The minimum atomic E-state index is 0.313. The number of nitrogens with one attached hydrogen (secondary N) is 1. The van der Waals surface area contributed by atoms with Crippen LogP contribution in [0.15, 0.2) is 97.2 Å². The van der Waals surface area contributed by atoms with Crippen molar-refractivity contribution in [2.45, 2.75) is 13.0 Å². The molecule has 0 saturated carbocycles. The lowest BCUT2D eigenvalue weighted by Gasteiger charge is -2.18. The predicted octanol–water partition coefficient (Wildman–Crippen LogP) is 6.95. The number of rotatable bonds is 2. The van der Waals surface area contributed by atoms with Crippen molar-refractivity contribution in [2.24, 2.45) is 0 Å². The summed E-state index contributed by atoms with van der Waals surface area (Å²) in [6.45, 7) is 2.18. The molecule has 0 amide bonds. The van der Waals surface area contributed by atoms with Gasteiger partial charge in [0.15, 0.2) is 0 Å². The summed E-state index contributed by atoms with van der Waals surface area (Å²) in [5.74, 6) is 0. The molecule has 4 heterocycles. The normalized spacial score (nSPS) is 15.2. The molecule has 6 aromatic rings. The average Bonchev–Trinajstić information content (AvgIpc) is 3.37. The van der Waals surface area contributed by atoms with Crippen LogP contribution in [-0.4, -0.2) is 20.2 Å². The molecule has 1 N–H and O–H groups in total. The van der Waals surface area contributed by atoms with Crippen LogP contribution >= 0.6 is 0 Å². The Kier molecular flexibility index (Phi) is 3.79. The van der Waals surface area contributed by atoms with E-state index in [4.69, 9.17) is 4.98 Å². The quantitative estimate of drug-likeness (QED) is 0.325. The molecule has 158 valence electrons. The SMILES string of the molecule is CC1C=Cc2c(c3ccccc3n2-c2cccc(-n3c4ccccc4c4ncccc43)c2)N1. The molecule has 0 radical (unpaired) electrons. The van der Waals surface area contributed by atoms with Gasteiger partial charge in [0.2, 0.25) is 0 Å². The van der Waals surface area contributed by atoms with Gasteiger partial charge in [0.25, 0.3) is 0 Å². The number of hydrogen-bond donors (Lipinski definition) is 1. The highest BCUT2D eigenvalue weighted by molar-refractivity contribution is 6.07. The minimum Gasteiger partial charge on any atom is -0.377 e. The zero-order chi connectivity index (χ0) is 21.9. The monoisotopic (exact) mass is 426 g/mol. The van der Waals surface area contributed by atoms with E-state index in [0.29, 0.717) is 6.04 Å². The van der Waals surface area contributed by atoms with Gasteiger partial charge in [0.05, 0.1) is 33.4 Å². The van der Waals surface area contributed by atoms with Crippen LogP contribution in [0.4, 0.5) is 5.69 Å². The van der Waals surface area contributed by atoms with Crippen LogP contribution in [0.3, 0.4) is 0 Å². The highest BCUT2D eigenvalue weighted by Gasteiger charge is 2.21. The van der Waals surface area contributed by atoms with Crippen molar-refractivity contribution in [1.82, 2.24) is 14.1 Å². The van der Waals surface area contributed by atoms with Gasteiger partial charge < -0.3 is 14.5 Å². The number of para-hydroxylation sites is 2. The molecule has 0 saturated heterocycles. The molecule has 3 aromatic carbocycles. The second kappa shape index (κ2) is 6.84. The smallest absolute Gasteiger partial charge is 0.0963 e. The van der Waals surface area contributed by atoms with E-state index in [1.165, 1.54) is 27.7 Å². The second-order valence-corrected chi connectivity index (χ2v) is 8.65. The molecule has 7 rings (SSSR count). The third kappa shape index (κ3) is 2.61. The molecular formula is C29H22N4. The van der Waals surface area contributed by atoms with Gasteiger partial charge in [-0.3, -0.25) is 4.98 Å². The summed E-state index contributed by atoms with van der Waals surface area (Å²) in [5, 5.41) is 6.08. The van der Waals surface area contributed by atoms with Crippen molar-refractivity contribution in [1.29, 1.82) is 0 Å². The predicted molar refractivity (Wildman–Crippen MR) is 138 cm³/mol. The van der Waals surface area contributed by atoms with Crippen molar-refractivity contribution in [2.75, 3.05) is 5.32 Å². The summed E-state index contributed by atoms with van der Waals surface area (Å²) in [6.07, 6.45) is 6.34. The Morgan fingerprint density at radius 3 is 2.27 bits per heavy atom. The van der Waals surface area contributed by atoms with Crippen molar-refractivity contribution in [3.63, 3.8) is 0 Å². The summed E-state index contributed by atoms with van der Waals surface area (Å²) in [4.78, 5) is 4.69. The van der Waals surface area contributed by atoms with Gasteiger partial charge in [0.1, 0.15) is 0 Å². The van der Waals surface area contributed by atoms with E-state index in [-0.39, 0.29) is 0 Å². The number of anilines is 1. The van der Waals surface area contributed by atoms with E-state index in [1.807, 2.05) is 12.3 Å². The van der Waals surface area contributed by atoms with E-state index in [1.54, 1.807) is 0 Å². The molecule has 1 aliphatic heterocycles. The first-order chi connectivity index (χ1) is 16.3. The first-order valence-electron chi connectivity index (χ1n) is 11.3. The number of nitrogens with zero attached hydrogens (tertiary/aromatic N) is 3. The van der Waals surface area contributed by atoms with Crippen molar-refractivity contribution < 1.29 is 0 Å². The van der Waals surface area contributed by atoms with Crippen molar-refractivity contribution in [3.8, 4) is 11.4 Å². The van der Waals surface area contributed by atoms with Gasteiger partial charge in [-0.1, -0.05) is 48.5 Å². The fourth-order valence-electron chi connectivity index (χ4n) is 5.19. The van der Waals surface area contributed by atoms with Gasteiger partial charge in [-0.15, -0.1) is 0 Å². The molecule has 1 unspecified atom stereocenters. The van der Waals surface area contributed by atoms with Crippen LogP contribution in [0.1, 0.15) is 12.6 Å². The maximum absolute atomic E-state index is 4.69. The molecule has 0 aliphatic carbocycles. The maximum Gasteiger partial charge on any atom is 0.0963 e. The Morgan fingerprint density at radius 2 is 1.42 bits per heavy atom. The lowest BCUT2D eigenvalue weighted by Crippen LogP contribution is -2.16. The summed E-state index contributed by atoms with van der Waals surface area (Å²) in [6, 6.07) is 30.4.